The highest BCUT2D eigenvalue weighted by molar-refractivity contribution is 5.14. The summed E-state index contributed by atoms with van der Waals surface area (Å²) in [5.41, 5.74) is 1.45. The number of nitrogens with zero attached hydrogens (tertiary/aromatic N) is 3. The van der Waals surface area contributed by atoms with Gasteiger partial charge in [0, 0.05) is 51.9 Å². The third-order valence-electron chi connectivity index (χ3n) is 6.90. The summed E-state index contributed by atoms with van der Waals surface area (Å²) in [6.45, 7) is 11.8. The molecule has 0 aliphatic carbocycles. The monoisotopic (exact) mass is 385 g/mol. The second kappa shape index (κ2) is 10.7. The van der Waals surface area contributed by atoms with Crippen LogP contribution in [0.5, 0.6) is 0 Å². The summed E-state index contributed by atoms with van der Waals surface area (Å²) in [7, 11) is 0. The van der Waals surface area contributed by atoms with Crippen molar-refractivity contribution in [3.63, 3.8) is 0 Å². The van der Waals surface area contributed by atoms with Crippen molar-refractivity contribution in [3.8, 4) is 0 Å². The molecule has 0 aromatic heterocycles. The van der Waals surface area contributed by atoms with Crippen molar-refractivity contribution in [2.75, 3.05) is 59.0 Å². The Morgan fingerprint density at radius 1 is 0.857 bits per heavy atom. The SMILES string of the molecule is c1ccc(CN2CCN3C[C@H](COCCCN4CCCCC4)CCC3C2)cc1. The topological polar surface area (TPSA) is 19.0 Å². The summed E-state index contributed by atoms with van der Waals surface area (Å²) in [6, 6.07) is 11.7. The zero-order valence-corrected chi connectivity index (χ0v) is 17.6. The molecule has 1 aromatic carbocycles. The molecular weight excluding hydrogens is 346 g/mol. The molecule has 4 nitrogen and oxygen atoms in total. The maximum Gasteiger partial charge on any atom is 0.0506 e. The van der Waals surface area contributed by atoms with Crippen LogP contribution in [-0.2, 0) is 11.3 Å². The predicted molar refractivity (Wildman–Crippen MR) is 116 cm³/mol. The fourth-order valence-electron chi connectivity index (χ4n) is 5.27. The van der Waals surface area contributed by atoms with E-state index in [-0.39, 0.29) is 0 Å². The number of likely N-dealkylation sites (tertiary alicyclic amines) is 1. The fraction of sp³-hybridized carbons (Fsp3) is 0.750. The van der Waals surface area contributed by atoms with Crippen molar-refractivity contribution >= 4 is 0 Å². The molecule has 3 heterocycles. The van der Waals surface area contributed by atoms with Gasteiger partial charge in [0.05, 0.1) is 6.61 Å². The Morgan fingerprint density at radius 2 is 1.71 bits per heavy atom. The first-order valence-corrected chi connectivity index (χ1v) is 11.7. The second-order valence-electron chi connectivity index (χ2n) is 9.14. The largest absolute Gasteiger partial charge is 0.381 e. The standard InChI is InChI=1S/C24H39N3O/c1-3-8-22(9-4-1)18-26-15-16-27-19-23(10-11-24(27)20-26)21-28-17-7-14-25-12-5-2-6-13-25/h1,3-4,8-9,23-24H,2,5-7,10-21H2/t23-,24?/m1/s1. The summed E-state index contributed by atoms with van der Waals surface area (Å²) in [5.74, 6) is 0.743. The summed E-state index contributed by atoms with van der Waals surface area (Å²) >= 11 is 0. The van der Waals surface area contributed by atoms with Gasteiger partial charge in [-0.15, -0.1) is 0 Å². The van der Waals surface area contributed by atoms with E-state index >= 15 is 0 Å². The lowest BCUT2D eigenvalue weighted by molar-refractivity contribution is -0.00316. The first kappa shape index (κ1) is 20.3. The highest BCUT2D eigenvalue weighted by atomic mass is 16.5. The Labute approximate surface area is 171 Å². The smallest absolute Gasteiger partial charge is 0.0506 e. The Kier molecular flexibility index (Phi) is 7.79. The summed E-state index contributed by atoms with van der Waals surface area (Å²) in [6.07, 6.45) is 8.09. The van der Waals surface area contributed by atoms with Crippen molar-refractivity contribution in [3.05, 3.63) is 35.9 Å². The van der Waals surface area contributed by atoms with Crippen molar-refractivity contribution in [2.45, 2.75) is 51.1 Å². The van der Waals surface area contributed by atoms with Gasteiger partial charge in [-0.3, -0.25) is 9.80 Å². The molecule has 0 saturated carbocycles. The van der Waals surface area contributed by atoms with Crippen LogP contribution < -0.4 is 0 Å². The molecule has 1 unspecified atom stereocenters. The second-order valence-corrected chi connectivity index (χ2v) is 9.14. The molecule has 0 spiro atoms. The molecule has 3 aliphatic heterocycles. The first-order valence-electron chi connectivity index (χ1n) is 11.7. The molecule has 1 aromatic rings. The van der Waals surface area contributed by atoms with Gasteiger partial charge < -0.3 is 9.64 Å². The van der Waals surface area contributed by atoms with Gasteiger partial charge in [-0.1, -0.05) is 36.8 Å². The number of piperazine rings is 1. The van der Waals surface area contributed by atoms with Crippen LogP contribution in [-0.4, -0.2) is 79.8 Å². The third-order valence-corrected chi connectivity index (χ3v) is 6.90. The predicted octanol–water partition coefficient (Wildman–Crippen LogP) is 3.48. The number of hydrogen-bond acceptors (Lipinski definition) is 4. The van der Waals surface area contributed by atoms with Gasteiger partial charge in [0.1, 0.15) is 0 Å². The first-order chi connectivity index (χ1) is 13.9. The van der Waals surface area contributed by atoms with Crippen LogP contribution in [0.1, 0.15) is 44.1 Å². The molecule has 28 heavy (non-hydrogen) atoms. The lowest BCUT2D eigenvalue weighted by Crippen LogP contribution is -2.56. The van der Waals surface area contributed by atoms with Crippen molar-refractivity contribution < 1.29 is 4.74 Å². The van der Waals surface area contributed by atoms with Gasteiger partial charge >= 0.3 is 0 Å². The molecular formula is C24H39N3O. The minimum Gasteiger partial charge on any atom is -0.381 e. The lowest BCUT2D eigenvalue weighted by atomic mass is 9.91. The van der Waals surface area contributed by atoms with Gasteiger partial charge in [-0.25, -0.2) is 0 Å². The molecule has 0 N–H and O–H groups in total. The van der Waals surface area contributed by atoms with E-state index in [1.807, 2.05) is 0 Å². The van der Waals surface area contributed by atoms with Crippen LogP contribution in [0.15, 0.2) is 30.3 Å². The van der Waals surface area contributed by atoms with E-state index in [2.05, 4.69) is 45.0 Å². The van der Waals surface area contributed by atoms with E-state index in [4.69, 9.17) is 4.74 Å². The Balaban J connectivity index is 1.10. The number of fused-ring (bicyclic) bond motifs is 1. The van der Waals surface area contributed by atoms with Crippen LogP contribution in [0.4, 0.5) is 0 Å². The van der Waals surface area contributed by atoms with E-state index < -0.39 is 0 Å². The zero-order valence-electron chi connectivity index (χ0n) is 17.6. The van der Waals surface area contributed by atoms with Gasteiger partial charge in [0.15, 0.2) is 0 Å². The molecule has 4 heteroatoms. The molecule has 3 saturated heterocycles. The van der Waals surface area contributed by atoms with Crippen molar-refractivity contribution in [2.24, 2.45) is 5.92 Å². The summed E-state index contributed by atoms with van der Waals surface area (Å²) in [4.78, 5) is 8.01. The van der Waals surface area contributed by atoms with Crippen LogP contribution in [0.2, 0.25) is 0 Å². The number of hydrogen-bond donors (Lipinski definition) is 0. The quantitative estimate of drug-likeness (QED) is 0.638. The maximum absolute atomic E-state index is 6.08. The average molecular weight is 386 g/mol. The fourth-order valence-corrected chi connectivity index (χ4v) is 5.27. The maximum atomic E-state index is 6.08. The van der Waals surface area contributed by atoms with Gasteiger partial charge in [0.25, 0.3) is 0 Å². The molecule has 3 fully saturated rings. The molecule has 0 amide bonds. The summed E-state index contributed by atoms with van der Waals surface area (Å²) < 4.78 is 6.08. The molecule has 4 rings (SSSR count). The molecule has 3 aliphatic rings. The molecule has 0 bridgehead atoms. The number of benzene rings is 1. The van der Waals surface area contributed by atoms with Crippen LogP contribution in [0.25, 0.3) is 0 Å². The number of ether oxygens (including phenoxy) is 1. The Hall–Kier alpha value is -0.940. The van der Waals surface area contributed by atoms with Crippen LogP contribution in [0, 0.1) is 5.92 Å². The lowest BCUT2D eigenvalue weighted by Gasteiger charge is -2.46. The number of rotatable bonds is 8. The third kappa shape index (κ3) is 6.03. The number of piperidine rings is 2. The Bertz CT molecular complexity index is 560. The van der Waals surface area contributed by atoms with E-state index in [0.29, 0.717) is 0 Å². The zero-order chi connectivity index (χ0) is 19.0. The summed E-state index contributed by atoms with van der Waals surface area (Å²) in [5, 5.41) is 0. The van der Waals surface area contributed by atoms with E-state index in [1.165, 1.54) is 89.9 Å². The molecule has 2 atom stereocenters. The normalized spacial score (nSPS) is 27.6. The highest BCUT2D eigenvalue weighted by Crippen LogP contribution is 2.26. The van der Waals surface area contributed by atoms with Gasteiger partial charge in [-0.05, 0) is 56.7 Å². The van der Waals surface area contributed by atoms with E-state index in [0.717, 1.165) is 31.7 Å². The van der Waals surface area contributed by atoms with E-state index in [9.17, 15) is 0 Å². The molecule has 0 radical (unpaired) electrons. The van der Waals surface area contributed by atoms with E-state index in [1.54, 1.807) is 0 Å². The average Bonchev–Trinajstić information content (AvgIpc) is 2.75. The van der Waals surface area contributed by atoms with Crippen LogP contribution >= 0.6 is 0 Å². The molecule has 156 valence electrons. The minimum atomic E-state index is 0.743. The van der Waals surface area contributed by atoms with Crippen molar-refractivity contribution in [1.82, 2.24) is 14.7 Å². The van der Waals surface area contributed by atoms with Crippen molar-refractivity contribution in [1.29, 1.82) is 0 Å². The highest BCUT2D eigenvalue weighted by Gasteiger charge is 2.32. The minimum absolute atomic E-state index is 0.743. The van der Waals surface area contributed by atoms with Gasteiger partial charge in [-0.2, -0.15) is 0 Å². The van der Waals surface area contributed by atoms with Crippen LogP contribution in [0.3, 0.4) is 0 Å². The Morgan fingerprint density at radius 3 is 2.57 bits per heavy atom. The van der Waals surface area contributed by atoms with Gasteiger partial charge in [0.2, 0.25) is 0 Å².